The van der Waals surface area contributed by atoms with Crippen LogP contribution in [-0.2, 0) is 22.8 Å². The number of nitrogens with zero attached hydrogens (tertiary/aromatic N) is 5. The summed E-state index contributed by atoms with van der Waals surface area (Å²) in [6, 6.07) is 16.1. The smallest absolute Gasteiger partial charge is 0.221 e. The molecule has 0 saturated heterocycles. The number of amides is 1. The number of benzene rings is 2. The molecule has 0 atom stereocenters. The molecule has 5 N–H and O–H groups in total. The lowest BCUT2D eigenvalue weighted by molar-refractivity contribution is -0.121. The van der Waals surface area contributed by atoms with Crippen molar-refractivity contribution in [3.63, 3.8) is 0 Å². The van der Waals surface area contributed by atoms with Gasteiger partial charge in [-0.2, -0.15) is 5.10 Å². The van der Waals surface area contributed by atoms with E-state index in [0.717, 1.165) is 56.2 Å². The number of nitrogens with one attached hydrogen (secondary N) is 1. The fourth-order valence-corrected chi connectivity index (χ4v) is 7.16. The molecule has 0 fully saturated rings. The lowest BCUT2D eigenvalue weighted by Gasteiger charge is -2.16. The maximum atomic E-state index is 12.4. The van der Waals surface area contributed by atoms with E-state index in [9.17, 15) is 4.79 Å². The second-order valence-electron chi connectivity index (χ2n) is 12.2. The molecule has 0 unspecified atom stereocenters. The minimum atomic E-state index is -1.21. The van der Waals surface area contributed by atoms with Gasteiger partial charge in [0.1, 0.15) is 12.2 Å². The second kappa shape index (κ2) is 12.5. The predicted molar refractivity (Wildman–Crippen MR) is 182 cm³/mol. The number of ether oxygens (including phenoxy) is 1. The van der Waals surface area contributed by atoms with Crippen LogP contribution in [0.4, 0.5) is 5.95 Å². The minimum Gasteiger partial charge on any atom is -0.368 e. The number of anilines is 1. The highest BCUT2D eigenvalue weighted by atomic mass is 32.1. The number of fused-ring (bicyclic) bond motifs is 3. The third kappa shape index (κ3) is 6.38. The van der Waals surface area contributed by atoms with Gasteiger partial charge >= 0.3 is 0 Å². The third-order valence-corrected chi connectivity index (χ3v) is 10.5. The Morgan fingerprint density at radius 3 is 2.73 bits per heavy atom. The van der Waals surface area contributed by atoms with Crippen LogP contribution < -0.4 is 16.8 Å². The molecule has 10 nitrogen and oxygen atoms in total. The average Bonchev–Trinajstić information content (AvgIpc) is 3.71. The van der Waals surface area contributed by atoms with Crippen molar-refractivity contribution in [3.8, 4) is 21.6 Å². The quantitative estimate of drug-likeness (QED) is 0.117. The highest BCUT2D eigenvalue weighted by Gasteiger charge is 2.20. The van der Waals surface area contributed by atoms with E-state index in [-0.39, 0.29) is 11.9 Å². The number of thiophene rings is 1. The van der Waals surface area contributed by atoms with E-state index in [4.69, 9.17) is 21.3 Å². The molecule has 0 aliphatic heterocycles. The molecule has 0 radical (unpaired) electrons. The fraction of sp³-hybridized carbons (Fsp3) is 0.312. The zero-order chi connectivity index (χ0) is 30.8. The summed E-state index contributed by atoms with van der Waals surface area (Å²) < 4.78 is 11.3. The first-order chi connectivity index (χ1) is 21.2. The molecule has 0 aliphatic rings. The van der Waals surface area contributed by atoms with Gasteiger partial charge in [0.05, 0.1) is 23.4 Å². The molecule has 4 aromatic heterocycles. The number of nitrogens with two attached hydrogens (primary N) is 2. The van der Waals surface area contributed by atoms with Crippen LogP contribution in [0.5, 0.6) is 0 Å². The zero-order valence-electron chi connectivity index (χ0n) is 25.3. The van der Waals surface area contributed by atoms with Crippen molar-refractivity contribution < 1.29 is 9.53 Å². The third-order valence-electron chi connectivity index (χ3n) is 7.63. The highest BCUT2D eigenvalue weighted by molar-refractivity contribution is 7.22. The van der Waals surface area contributed by atoms with Gasteiger partial charge in [-0.05, 0) is 41.3 Å². The van der Waals surface area contributed by atoms with Crippen LogP contribution in [0.3, 0.4) is 0 Å². The monoisotopic (exact) mass is 626 g/mol. The molecule has 4 heterocycles. The van der Waals surface area contributed by atoms with Crippen molar-refractivity contribution in [2.24, 2.45) is 5.73 Å². The van der Waals surface area contributed by atoms with Crippen LogP contribution in [0, 0.1) is 0 Å². The van der Waals surface area contributed by atoms with Crippen LogP contribution >= 0.6 is 11.3 Å². The van der Waals surface area contributed by atoms with E-state index in [0.29, 0.717) is 32.8 Å². The largest absolute Gasteiger partial charge is 0.368 e. The lowest BCUT2D eigenvalue weighted by atomic mass is 10.0. The fourth-order valence-electron chi connectivity index (χ4n) is 5.32. The molecule has 228 valence electrons. The predicted octanol–water partition coefficient (Wildman–Crippen LogP) is 5.69. The summed E-state index contributed by atoms with van der Waals surface area (Å²) in [7, 11) is -1.21. The molecule has 2 aromatic carbocycles. The maximum Gasteiger partial charge on any atom is 0.221 e. The molecular weight excluding hydrogens is 589 g/mol. The van der Waals surface area contributed by atoms with Gasteiger partial charge in [-0.3, -0.25) is 4.79 Å². The number of hydrogen-bond acceptors (Lipinski definition) is 8. The van der Waals surface area contributed by atoms with Gasteiger partial charge in [0.15, 0.2) is 0 Å². The highest BCUT2D eigenvalue weighted by Crippen LogP contribution is 2.41. The molecule has 0 aliphatic carbocycles. The van der Waals surface area contributed by atoms with Gasteiger partial charge in [-0.15, -0.1) is 11.3 Å². The van der Waals surface area contributed by atoms with E-state index in [1.807, 2.05) is 21.6 Å². The average molecular weight is 627 g/mol. The van der Waals surface area contributed by atoms with E-state index in [1.165, 1.54) is 10.1 Å². The van der Waals surface area contributed by atoms with Crippen molar-refractivity contribution in [2.45, 2.75) is 45.4 Å². The Kier molecular flexibility index (Phi) is 8.50. The van der Waals surface area contributed by atoms with Crippen LogP contribution in [-0.4, -0.2) is 58.0 Å². The van der Waals surface area contributed by atoms with Crippen molar-refractivity contribution in [3.05, 3.63) is 61.1 Å². The van der Waals surface area contributed by atoms with Crippen molar-refractivity contribution in [1.82, 2.24) is 29.6 Å². The Bertz CT molecular complexity index is 1920. The number of carbonyl (C=O) groups is 1. The Morgan fingerprint density at radius 2 is 1.93 bits per heavy atom. The second-order valence-corrected chi connectivity index (χ2v) is 18.9. The van der Waals surface area contributed by atoms with Crippen molar-refractivity contribution in [1.29, 1.82) is 0 Å². The molecule has 44 heavy (non-hydrogen) atoms. The summed E-state index contributed by atoms with van der Waals surface area (Å²) in [5.74, 6) is 0.148. The maximum absolute atomic E-state index is 12.4. The summed E-state index contributed by atoms with van der Waals surface area (Å²) in [6.07, 6.45) is 5.97. The molecule has 0 spiro atoms. The molecular formula is C32H38N8O2SSi. The zero-order valence-corrected chi connectivity index (χ0v) is 27.2. The van der Waals surface area contributed by atoms with E-state index in [1.54, 1.807) is 17.5 Å². The first-order valence-corrected chi connectivity index (χ1v) is 19.4. The number of aryl methyl sites for hydroxylation is 1. The number of rotatable bonds is 12. The molecule has 6 rings (SSSR count). The normalized spacial score (nSPS) is 12.1. The lowest BCUT2D eigenvalue weighted by Crippen LogP contribution is -2.29. The van der Waals surface area contributed by atoms with E-state index >= 15 is 0 Å². The van der Waals surface area contributed by atoms with E-state index < -0.39 is 8.07 Å². The summed E-state index contributed by atoms with van der Waals surface area (Å²) in [5, 5.41) is 9.81. The van der Waals surface area contributed by atoms with Crippen LogP contribution in [0.25, 0.3) is 53.6 Å². The number of carbonyl (C=O) groups excluding carboxylic acids is 1. The van der Waals surface area contributed by atoms with Crippen LogP contribution in [0.1, 0.15) is 6.42 Å². The van der Waals surface area contributed by atoms with Crippen LogP contribution in [0.15, 0.2) is 61.1 Å². The molecule has 12 heteroatoms. The molecule has 0 bridgehead atoms. The van der Waals surface area contributed by atoms with Gasteiger partial charge in [-0.1, -0.05) is 37.8 Å². The summed E-state index contributed by atoms with van der Waals surface area (Å²) in [4.78, 5) is 22.4. The summed E-state index contributed by atoms with van der Waals surface area (Å²) >= 11 is 1.76. The standard InChI is InChI=1S/C32H38N8O2SSi/c1-44(2,3)13-12-42-20-40-31-23(17-37-40)14-22(15-24(31)28-16-21-6-4-5-7-27(21)43-28)25-19-39(11-8-29(41)35-10-9-33)26-18-36-32(34)38-30(25)26/h4-7,14-19H,8-13,20,33H2,1-3H3,(H,35,41)(H2,34,36,38). The van der Waals surface area contributed by atoms with Gasteiger partial charge in [0.25, 0.3) is 0 Å². The van der Waals surface area contributed by atoms with Gasteiger partial charge in [0.2, 0.25) is 11.9 Å². The minimum absolute atomic E-state index is 0.0526. The SMILES string of the molecule is C[Si](C)(C)CCOCn1ncc2cc(-c3cn(CCC(=O)NCCN)c4cnc(N)nc34)cc(-c3cc4ccccc4s3)c21. The van der Waals surface area contributed by atoms with E-state index in [2.05, 4.69) is 77.4 Å². The number of hydrogen-bond donors (Lipinski definition) is 3. The topological polar surface area (TPSA) is 139 Å². The van der Waals surface area contributed by atoms with Crippen LogP contribution in [0.2, 0.25) is 25.7 Å². The van der Waals surface area contributed by atoms with Crippen molar-refractivity contribution >= 4 is 63.3 Å². The molecule has 0 saturated carbocycles. The van der Waals surface area contributed by atoms with Gasteiger partial charge in [-0.25, -0.2) is 14.6 Å². The molecule has 1 amide bonds. The van der Waals surface area contributed by atoms with Crippen molar-refractivity contribution in [2.75, 3.05) is 25.4 Å². The summed E-state index contributed by atoms with van der Waals surface area (Å²) in [5.41, 5.74) is 17.2. The Hall–Kier alpha value is -4.10. The van der Waals surface area contributed by atoms with Gasteiger partial charge < -0.3 is 26.1 Å². The molecule has 6 aromatic rings. The first-order valence-electron chi connectivity index (χ1n) is 14.8. The summed E-state index contributed by atoms with van der Waals surface area (Å²) in [6.45, 7) is 9.50. The van der Waals surface area contributed by atoms with Gasteiger partial charge in [0, 0.05) is 73.0 Å². The number of nitrogen functional groups attached to an aromatic ring is 1. The Labute approximate surface area is 261 Å². The first kappa shape index (κ1) is 29.9. The number of aromatic nitrogens is 5. The Morgan fingerprint density at radius 1 is 1.09 bits per heavy atom. The Balaban J connectivity index is 1.44.